The number of imide groups is 2. The largest absolute Gasteiger partial charge is 0.491 e. The van der Waals surface area contributed by atoms with Crippen molar-refractivity contribution in [1.29, 1.82) is 0 Å². The number of aliphatic hydroxyl groups excluding tert-OH is 2. The van der Waals surface area contributed by atoms with Crippen molar-refractivity contribution >= 4 is 84.1 Å². The lowest BCUT2D eigenvalue weighted by atomic mass is 10.1. The molecule has 4 saturated heterocycles. The second kappa shape index (κ2) is 26.6. The minimum atomic E-state index is -0.833. The molecule has 4 fully saturated rings. The van der Waals surface area contributed by atoms with Gasteiger partial charge in [-0.2, -0.15) is 0 Å². The average molecular weight is 1050 g/mol. The number of para-hydroxylation sites is 2. The summed E-state index contributed by atoms with van der Waals surface area (Å²) >= 11 is 3.33. The molecule has 3 atom stereocenters. The quantitative estimate of drug-likeness (QED) is 0.0795. The van der Waals surface area contributed by atoms with Crippen LogP contribution in [-0.2, 0) is 24.0 Å². The van der Waals surface area contributed by atoms with Crippen molar-refractivity contribution in [2.45, 2.75) is 45.8 Å². The fourth-order valence-corrected chi connectivity index (χ4v) is 10.4. The lowest BCUT2D eigenvalue weighted by Crippen LogP contribution is -2.50. The van der Waals surface area contributed by atoms with E-state index in [1.165, 1.54) is 14.5 Å². The highest BCUT2D eigenvalue weighted by molar-refractivity contribution is 7.18. The summed E-state index contributed by atoms with van der Waals surface area (Å²) in [6, 6.07) is 29.8. The number of aliphatic carboxylic acids is 1. The molecule has 4 amide bonds. The maximum absolute atomic E-state index is 12.9. The van der Waals surface area contributed by atoms with Crippen LogP contribution in [0.5, 0.6) is 11.5 Å². The molecule has 0 spiro atoms. The number of β-amino-alcohol motifs (C(OH)–C–C–N with tert-alkyl or cyclic N) is 2. The first-order valence-electron chi connectivity index (χ1n) is 24.6. The van der Waals surface area contributed by atoms with Gasteiger partial charge in [0.1, 0.15) is 36.9 Å². The number of thiazole rings is 2. The summed E-state index contributed by atoms with van der Waals surface area (Å²) in [4.78, 5) is 75.5. The first kappa shape index (κ1) is 55.3. The molecule has 4 aromatic carbocycles. The predicted molar refractivity (Wildman–Crippen MR) is 287 cm³/mol. The normalized spacial score (nSPS) is 18.3. The number of amides is 4. The van der Waals surface area contributed by atoms with Crippen molar-refractivity contribution in [3.8, 4) is 11.5 Å². The molecule has 6 aromatic rings. The van der Waals surface area contributed by atoms with Crippen LogP contribution < -0.4 is 24.6 Å². The maximum atomic E-state index is 12.9. The van der Waals surface area contributed by atoms with Gasteiger partial charge in [-0.15, -0.1) is 22.7 Å². The van der Waals surface area contributed by atoms with E-state index in [0.29, 0.717) is 48.9 Å². The number of carboxylic acids is 1. The van der Waals surface area contributed by atoms with E-state index in [4.69, 9.17) is 19.4 Å². The van der Waals surface area contributed by atoms with Crippen LogP contribution >= 0.6 is 22.7 Å². The minimum absolute atomic E-state index is 0.109. The number of nitrogens with zero attached hydrogens (tertiary/aromatic N) is 7. The zero-order chi connectivity index (χ0) is 52.7. The Balaban J connectivity index is 0.000000173. The zero-order valence-electron chi connectivity index (χ0n) is 41.9. The highest BCUT2D eigenvalue weighted by Crippen LogP contribution is 2.29. The Kier molecular flexibility index (Phi) is 19.9. The molecule has 20 heteroatoms. The van der Waals surface area contributed by atoms with Gasteiger partial charge in [-0.25, -0.2) is 14.9 Å². The van der Waals surface area contributed by atoms with Gasteiger partial charge in [0.15, 0.2) is 0 Å². The van der Waals surface area contributed by atoms with Crippen LogP contribution in [0.4, 0.5) is 11.4 Å². The van der Waals surface area contributed by atoms with Crippen molar-refractivity contribution in [2.75, 3.05) is 95.0 Å². The second-order valence-corrected chi connectivity index (χ2v) is 20.7. The molecule has 4 N–H and O–H groups in total. The number of nitrogens with one attached hydrogen (secondary N) is 1. The number of aliphatic hydroxyl groups is 2. The summed E-state index contributed by atoms with van der Waals surface area (Å²) in [6.45, 7) is 18.1. The molecule has 0 saturated carbocycles. The maximum Gasteiger partial charge on any atom is 0.300 e. The molecule has 74 heavy (non-hydrogen) atoms. The topological polar surface area (TPSA) is 219 Å². The van der Waals surface area contributed by atoms with E-state index in [2.05, 4.69) is 36.6 Å². The number of aryl methyl sites for hydroxylation is 2. The third-order valence-electron chi connectivity index (χ3n) is 12.3. The van der Waals surface area contributed by atoms with Crippen LogP contribution in [0, 0.1) is 19.8 Å². The van der Waals surface area contributed by atoms with Gasteiger partial charge in [-0.05, 0) is 62.4 Å². The second-order valence-electron chi connectivity index (χ2n) is 18.3. The summed E-state index contributed by atoms with van der Waals surface area (Å²) in [5, 5.41) is 33.4. The summed E-state index contributed by atoms with van der Waals surface area (Å²) < 4.78 is 13.8. The number of ether oxygens (including phenoxy) is 2. The Bertz CT molecular complexity index is 2870. The third-order valence-corrected chi connectivity index (χ3v) is 14.2. The number of piperazine rings is 2. The first-order valence-corrected chi connectivity index (χ1v) is 26.2. The number of carbonyl (C=O) groups is 5. The Morgan fingerprint density at radius 1 is 0.689 bits per heavy atom. The minimum Gasteiger partial charge on any atom is -0.491 e. The van der Waals surface area contributed by atoms with Crippen LogP contribution in [0.25, 0.3) is 20.4 Å². The molecule has 392 valence electrons. The molecule has 18 nitrogen and oxygen atoms in total. The Hall–Kier alpha value is -6.49. The summed E-state index contributed by atoms with van der Waals surface area (Å²) in [5.74, 6) is -0.377. The molecule has 4 aliphatic heterocycles. The van der Waals surface area contributed by atoms with Crippen molar-refractivity contribution in [3.05, 3.63) is 119 Å². The van der Waals surface area contributed by atoms with E-state index in [1.54, 1.807) is 59.1 Å². The highest BCUT2D eigenvalue weighted by Gasteiger charge is 2.40. The molecule has 2 aromatic heterocycles. The van der Waals surface area contributed by atoms with Gasteiger partial charge in [-0.1, -0.05) is 43.0 Å². The number of fused-ring (bicyclic) bond motifs is 2. The Morgan fingerprint density at radius 2 is 1.15 bits per heavy atom. The lowest BCUT2D eigenvalue weighted by Gasteiger charge is -2.36. The van der Waals surface area contributed by atoms with E-state index in [0.717, 1.165) is 90.8 Å². The standard InChI is InChI=1S/C26H30N4O4S.C15H21N3O2S.C11H9NO2.C2H4O2/c1-18-27-23-14-22(7-8-24(23)35-18)34-17-21(31)16-29-11-9-28(10-12-29)15-19-13-25(32)30(26(19)33)20-5-3-2-4-6-20;1-11-17-14-8-13(2-3-15(14)21-11)20-10-12(19)9-18-6-4-16-5-7-18;1-8-7-10(13)12(11(8)14)9-5-3-2-4-6-9;1-2(3)4/h2-8,14,19,21,31H,9-13,15-17H2,1H3;2-3,8,12,16,19H,4-7,9-10H2,1H3;2-6H,1,7H2;1H3,(H,3,4)/t19?,21-;12-;;/m11../s1. The van der Waals surface area contributed by atoms with E-state index >= 15 is 0 Å². The number of benzene rings is 4. The smallest absolute Gasteiger partial charge is 0.300 e. The van der Waals surface area contributed by atoms with Crippen LogP contribution in [0.15, 0.2) is 109 Å². The monoisotopic (exact) mass is 1050 g/mol. The molecule has 0 radical (unpaired) electrons. The number of hydrogen-bond acceptors (Lipinski definition) is 17. The van der Waals surface area contributed by atoms with Gasteiger partial charge in [0, 0.05) is 103 Å². The average Bonchev–Trinajstić information content (AvgIpc) is 4.10. The summed E-state index contributed by atoms with van der Waals surface area (Å²) in [7, 11) is 0. The fraction of sp³-hybridized carbons (Fsp3) is 0.389. The van der Waals surface area contributed by atoms with E-state index in [-0.39, 0.29) is 49.0 Å². The van der Waals surface area contributed by atoms with Gasteiger partial charge < -0.3 is 30.1 Å². The summed E-state index contributed by atoms with van der Waals surface area (Å²) in [5.41, 5.74) is 3.50. The van der Waals surface area contributed by atoms with Gasteiger partial charge in [0.2, 0.25) is 17.7 Å². The molecule has 0 aliphatic carbocycles. The van der Waals surface area contributed by atoms with Crippen molar-refractivity contribution in [3.63, 3.8) is 0 Å². The predicted octanol–water partition coefficient (Wildman–Crippen LogP) is 5.39. The van der Waals surface area contributed by atoms with Gasteiger partial charge in [0.05, 0.1) is 54.2 Å². The van der Waals surface area contributed by atoms with Crippen molar-refractivity contribution in [1.82, 2.24) is 30.0 Å². The molecular weight excluding hydrogens is 985 g/mol. The van der Waals surface area contributed by atoms with Crippen LogP contribution in [-0.4, -0.2) is 167 Å². The van der Waals surface area contributed by atoms with E-state index in [9.17, 15) is 29.4 Å². The Labute approximate surface area is 438 Å². The fourth-order valence-electron chi connectivity index (χ4n) is 8.80. The molecule has 10 rings (SSSR count). The van der Waals surface area contributed by atoms with Crippen molar-refractivity contribution < 1.29 is 48.8 Å². The van der Waals surface area contributed by atoms with Gasteiger partial charge in [0.25, 0.3) is 11.9 Å². The lowest BCUT2D eigenvalue weighted by molar-refractivity contribution is -0.134. The van der Waals surface area contributed by atoms with Crippen molar-refractivity contribution in [2.24, 2.45) is 5.92 Å². The highest BCUT2D eigenvalue weighted by atomic mass is 32.1. The number of hydrogen-bond donors (Lipinski definition) is 4. The SMILES string of the molecule is C=C1CC(=O)N(c2ccccc2)C1=O.CC(=O)O.Cc1nc2cc(OC[C@H](O)CN3CCN(CC4CC(=O)N(c5ccccc5)C4=O)CC3)ccc2s1.Cc1nc2cc(OC[C@H](O)CN3CCNCC3)ccc2s1. The van der Waals surface area contributed by atoms with Crippen LogP contribution in [0.2, 0.25) is 0 Å². The molecule has 0 bridgehead atoms. The molecule has 4 aliphatic rings. The van der Waals surface area contributed by atoms with E-state index in [1.807, 2.05) is 74.5 Å². The van der Waals surface area contributed by atoms with Crippen LogP contribution in [0.1, 0.15) is 29.8 Å². The number of carbonyl (C=O) groups excluding carboxylic acids is 4. The number of aromatic nitrogens is 2. The number of anilines is 2. The third kappa shape index (κ3) is 15.8. The molecular formula is C54H64N8O10S2. The zero-order valence-corrected chi connectivity index (χ0v) is 43.6. The van der Waals surface area contributed by atoms with E-state index < -0.39 is 18.2 Å². The van der Waals surface area contributed by atoms with Gasteiger partial charge in [-0.3, -0.25) is 43.6 Å². The molecule has 1 unspecified atom stereocenters. The number of carboxylic acid groups (broad SMARTS) is 1. The van der Waals surface area contributed by atoms with Gasteiger partial charge >= 0.3 is 0 Å². The first-order chi connectivity index (χ1) is 35.6. The van der Waals surface area contributed by atoms with Crippen LogP contribution in [0.3, 0.4) is 0 Å². The molecule has 6 heterocycles. The Morgan fingerprint density at radius 3 is 1.62 bits per heavy atom. The summed E-state index contributed by atoms with van der Waals surface area (Å²) in [6.07, 6.45) is -0.664. The number of rotatable bonds is 14.